The smallest absolute Gasteiger partial charge is 0.262 e. The molecule has 1 unspecified atom stereocenters. The van der Waals surface area contributed by atoms with Crippen LogP contribution in [0.5, 0.6) is 0 Å². The van der Waals surface area contributed by atoms with Gasteiger partial charge in [0.05, 0.1) is 5.56 Å². The third-order valence-electron chi connectivity index (χ3n) is 7.43. The molecule has 1 atom stereocenters. The number of aryl methyl sites for hydroxylation is 1. The number of hydrogen-bond donors (Lipinski definition) is 0. The molecule has 5 nitrogen and oxygen atoms in total. The Balaban J connectivity index is 1.53. The molecule has 1 aromatic heterocycles. The van der Waals surface area contributed by atoms with Crippen LogP contribution in [0.4, 0.5) is 0 Å². The van der Waals surface area contributed by atoms with Crippen LogP contribution in [0.25, 0.3) is 0 Å². The number of carbonyl (C=O) groups is 2. The maximum Gasteiger partial charge on any atom is 0.262 e. The maximum absolute atomic E-state index is 14.5. The van der Waals surface area contributed by atoms with Gasteiger partial charge in [0.25, 0.3) is 11.8 Å². The van der Waals surface area contributed by atoms with Crippen LogP contribution in [-0.2, 0) is 17.8 Å². The second-order valence-electron chi connectivity index (χ2n) is 9.85. The first-order chi connectivity index (χ1) is 17.1. The Morgan fingerprint density at radius 1 is 0.971 bits per heavy atom. The first kappa shape index (κ1) is 23.4. The van der Waals surface area contributed by atoms with E-state index in [0.717, 1.165) is 50.6 Å². The summed E-state index contributed by atoms with van der Waals surface area (Å²) in [6, 6.07) is 19.7. The van der Waals surface area contributed by atoms with Gasteiger partial charge in [-0.1, -0.05) is 73.4 Å². The summed E-state index contributed by atoms with van der Waals surface area (Å²) in [7, 11) is 0. The number of rotatable bonds is 5. The van der Waals surface area contributed by atoms with Gasteiger partial charge >= 0.3 is 0 Å². The van der Waals surface area contributed by atoms with Crippen LogP contribution in [0.3, 0.4) is 0 Å². The normalized spacial score (nSPS) is 18.6. The number of imide groups is 1. The van der Waals surface area contributed by atoms with E-state index in [1.165, 1.54) is 16.7 Å². The van der Waals surface area contributed by atoms with Crippen LogP contribution < -0.4 is 0 Å². The van der Waals surface area contributed by atoms with E-state index >= 15 is 0 Å². The summed E-state index contributed by atoms with van der Waals surface area (Å²) in [5.74, 6) is -0.335. The highest BCUT2D eigenvalue weighted by Gasteiger charge is 2.41. The second kappa shape index (κ2) is 10.5. The standard InChI is InChI=1S/C30H33N3O2/c1-22-13-15-23(16-14-22)21-32-19-17-24-8-5-6-12-27(24)28(32)30(35)33(26-10-3-2-4-11-26)29(34)25-9-7-18-31-20-25/h5-9,12-16,18,20,26,28H,2-4,10-11,17,19,21H2,1H3. The minimum atomic E-state index is -0.483. The minimum absolute atomic E-state index is 0.0701. The number of aromatic nitrogens is 1. The molecule has 180 valence electrons. The van der Waals surface area contributed by atoms with Crippen molar-refractivity contribution < 1.29 is 9.59 Å². The van der Waals surface area contributed by atoms with Crippen LogP contribution in [0.1, 0.15) is 70.8 Å². The van der Waals surface area contributed by atoms with Gasteiger partial charge in [-0.2, -0.15) is 0 Å². The number of carbonyl (C=O) groups excluding carboxylic acids is 2. The third-order valence-corrected chi connectivity index (χ3v) is 7.43. The lowest BCUT2D eigenvalue weighted by Crippen LogP contribution is -2.52. The molecule has 2 amide bonds. The van der Waals surface area contributed by atoms with Crippen LogP contribution in [0.15, 0.2) is 73.1 Å². The second-order valence-corrected chi connectivity index (χ2v) is 9.85. The Morgan fingerprint density at radius 2 is 1.74 bits per heavy atom. The van der Waals surface area contributed by atoms with Gasteiger partial charge < -0.3 is 0 Å². The molecule has 0 radical (unpaired) electrons. The van der Waals surface area contributed by atoms with E-state index in [2.05, 4.69) is 53.2 Å². The van der Waals surface area contributed by atoms with Crippen molar-refractivity contribution in [2.45, 2.75) is 64.1 Å². The van der Waals surface area contributed by atoms with E-state index in [1.54, 1.807) is 29.4 Å². The molecular weight excluding hydrogens is 434 g/mol. The van der Waals surface area contributed by atoms with Gasteiger partial charge in [0, 0.05) is 31.5 Å². The zero-order chi connectivity index (χ0) is 24.2. The fourth-order valence-corrected chi connectivity index (χ4v) is 5.55. The van der Waals surface area contributed by atoms with E-state index < -0.39 is 6.04 Å². The predicted molar refractivity (Wildman–Crippen MR) is 137 cm³/mol. The van der Waals surface area contributed by atoms with Crippen molar-refractivity contribution in [2.24, 2.45) is 0 Å². The molecule has 5 rings (SSSR count). The number of fused-ring (bicyclic) bond motifs is 1. The summed E-state index contributed by atoms with van der Waals surface area (Å²) >= 11 is 0. The molecule has 1 aliphatic heterocycles. The van der Waals surface area contributed by atoms with Gasteiger partial charge in [0.2, 0.25) is 0 Å². The first-order valence-corrected chi connectivity index (χ1v) is 12.8. The van der Waals surface area contributed by atoms with Crippen molar-refractivity contribution in [1.82, 2.24) is 14.8 Å². The summed E-state index contributed by atoms with van der Waals surface area (Å²) in [5, 5.41) is 0. The van der Waals surface area contributed by atoms with Crippen molar-refractivity contribution in [3.8, 4) is 0 Å². The quantitative estimate of drug-likeness (QED) is 0.466. The Hall–Kier alpha value is -3.31. The molecule has 0 spiro atoms. The Bertz CT molecular complexity index is 1170. The number of hydrogen-bond acceptors (Lipinski definition) is 4. The molecule has 3 aromatic rings. The van der Waals surface area contributed by atoms with Crippen molar-refractivity contribution in [1.29, 1.82) is 0 Å². The number of amides is 2. The van der Waals surface area contributed by atoms with Crippen LogP contribution in [0, 0.1) is 6.92 Å². The molecule has 5 heteroatoms. The Morgan fingerprint density at radius 3 is 2.49 bits per heavy atom. The fraction of sp³-hybridized carbons (Fsp3) is 0.367. The highest BCUT2D eigenvalue weighted by Crippen LogP contribution is 2.35. The van der Waals surface area contributed by atoms with Crippen molar-refractivity contribution >= 4 is 11.8 Å². The van der Waals surface area contributed by atoms with Crippen LogP contribution >= 0.6 is 0 Å². The van der Waals surface area contributed by atoms with E-state index in [4.69, 9.17) is 0 Å². The molecule has 2 aromatic carbocycles. The van der Waals surface area contributed by atoms with Gasteiger partial charge in [0.1, 0.15) is 6.04 Å². The average Bonchev–Trinajstić information content (AvgIpc) is 2.91. The predicted octanol–water partition coefficient (Wildman–Crippen LogP) is 5.49. The molecule has 0 N–H and O–H groups in total. The molecule has 2 heterocycles. The summed E-state index contributed by atoms with van der Waals surface area (Å²) in [6.07, 6.45) is 9.10. The number of benzene rings is 2. The topological polar surface area (TPSA) is 53.5 Å². The minimum Gasteiger partial charge on any atom is -0.284 e. The lowest BCUT2D eigenvalue weighted by Gasteiger charge is -2.41. The molecular formula is C30H33N3O2. The lowest BCUT2D eigenvalue weighted by molar-refractivity contribution is -0.137. The SMILES string of the molecule is Cc1ccc(CN2CCc3ccccc3C2C(=O)N(C(=O)c2cccnc2)C2CCCCC2)cc1. The zero-order valence-corrected chi connectivity index (χ0v) is 20.4. The van der Waals surface area contributed by atoms with E-state index in [9.17, 15) is 9.59 Å². The lowest BCUT2D eigenvalue weighted by atomic mass is 9.89. The Kier molecular flexibility index (Phi) is 7.05. The average molecular weight is 468 g/mol. The highest BCUT2D eigenvalue weighted by molar-refractivity contribution is 6.06. The van der Waals surface area contributed by atoms with Gasteiger partial charge in [-0.3, -0.25) is 24.4 Å². The van der Waals surface area contributed by atoms with Crippen molar-refractivity contribution in [2.75, 3.05) is 6.54 Å². The summed E-state index contributed by atoms with van der Waals surface area (Å²) < 4.78 is 0. The highest BCUT2D eigenvalue weighted by atomic mass is 16.2. The van der Waals surface area contributed by atoms with Gasteiger partial charge in [-0.25, -0.2) is 0 Å². The van der Waals surface area contributed by atoms with Gasteiger partial charge in [-0.05, 0) is 55.0 Å². The molecule has 0 saturated heterocycles. The van der Waals surface area contributed by atoms with E-state index in [1.807, 2.05) is 12.1 Å². The Labute approximate surface area is 207 Å². The number of nitrogens with zero attached hydrogens (tertiary/aromatic N) is 3. The molecule has 35 heavy (non-hydrogen) atoms. The summed E-state index contributed by atoms with van der Waals surface area (Å²) in [4.78, 5) is 36.3. The molecule has 1 fully saturated rings. The largest absolute Gasteiger partial charge is 0.284 e. The first-order valence-electron chi connectivity index (χ1n) is 12.8. The van der Waals surface area contributed by atoms with Crippen molar-refractivity contribution in [3.05, 3.63) is 101 Å². The zero-order valence-electron chi connectivity index (χ0n) is 20.4. The van der Waals surface area contributed by atoms with Crippen LogP contribution in [-0.4, -0.2) is 39.2 Å². The van der Waals surface area contributed by atoms with Crippen LogP contribution in [0.2, 0.25) is 0 Å². The molecule has 1 aliphatic carbocycles. The third kappa shape index (κ3) is 5.06. The number of pyridine rings is 1. The molecule has 2 aliphatic rings. The van der Waals surface area contributed by atoms with E-state index in [-0.39, 0.29) is 17.9 Å². The van der Waals surface area contributed by atoms with Crippen molar-refractivity contribution in [3.63, 3.8) is 0 Å². The fourth-order valence-electron chi connectivity index (χ4n) is 5.55. The maximum atomic E-state index is 14.5. The van der Waals surface area contributed by atoms with E-state index in [0.29, 0.717) is 12.1 Å². The monoisotopic (exact) mass is 467 g/mol. The molecule has 0 bridgehead atoms. The molecule has 1 saturated carbocycles. The summed E-state index contributed by atoms with van der Waals surface area (Å²) in [5.41, 5.74) is 5.09. The van der Waals surface area contributed by atoms with Gasteiger partial charge in [0.15, 0.2) is 0 Å². The van der Waals surface area contributed by atoms with Gasteiger partial charge in [-0.15, -0.1) is 0 Å². The summed E-state index contributed by atoms with van der Waals surface area (Å²) in [6.45, 7) is 3.53.